The van der Waals surface area contributed by atoms with Crippen LogP contribution in [0.25, 0.3) is 0 Å². The van der Waals surface area contributed by atoms with Crippen molar-refractivity contribution in [3.63, 3.8) is 0 Å². The van der Waals surface area contributed by atoms with Gasteiger partial charge >= 0.3 is 5.97 Å². The first-order valence-electron chi connectivity index (χ1n) is 7.84. The molecular weight excluding hydrogens is 308 g/mol. The van der Waals surface area contributed by atoms with Gasteiger partial charge in [0.05, 0.1) is 13.7 Å². The van der Waals surface area contributed by atoms with Gasteiger partial charge in [-0.05, 0) is 30.6 Å². The Hall–Kier alpha value is -1.46. The van der Waals surface area contributed by atoms with E-state index in [9.17, 15) is 9.59 Å². The molecule has 0 N–H and O–H groups in total. The Labute approximate surface area is 140 Å². The Bertz CT molecular complexity index is 555. The molecule has 0 aliphatic rings. The van der Waals surface area contributed by atoms with Crippen molar-refractivity contribution in [3.8, 4) is 0 Å². The fourth-order valence-corrected chi connectivity index (χ4v) is 2.74. The third kappa shape index (κ3) is 5.01. The second-order valence-electron chi connectivity index (χ2n) is 7.36. The van der Waals surface area contributed by atoms with Gasteiger partial charge in [-0.25, -0.2) is 0 Å². The molecule has 0 amide bonds. The minimum absolute atomic E-state index is 0.166. The minimum atomic E-state index is -1.79. The first kappa shape index (κ1) is 19.6. The number of esters is 1. The zero-order chi connectivity index (χ0) is 17.8. The van der Waals surface area contributed by atoms with Gasteiger partial charge in [-0.3, -0.25) is 9.59 Å². The molecule has 128 valence electrons. The largest absolute Gasteiger partial charge is 0.468 e. The van der Waals surface area contributed by atoms with Crippen molar-refractivity contribution in [2.45, 2.75) is 52.4 Å². The molecule has 0 saturated carbocycles. The number of carbonyl (C=O) groups is 2. The van der Waals surface area contributed by atoms with Crippen LogP contribution in [0.5, 0.6) is 0 Å². The van der Waals surface area contributed by atoms with Gasteiger partial charge in [-0.2, -0.15) is 0 Å². The Kier molecular flexibility index (Phi) is 6.30. The molecule has 0 saturated heterocycles. The fourth-order valence-electron chi connectivity index (χ4n) is 1.78. The number of hydrogen-bond donors (Lipinski definition) is 0. The first-order valence-corrected chi connectivity index (χ1v) is 10.8. The predicted octanol–water partition coefficient (Wildman–Crippen LogP) is 4.20. The third-order valence-corrected chi connectivity index (χ3v) is 9.07. The average Bonchev–Trinajstić information content (AvgIpc) is 2.50. The maximum Gasteiger partial charge on any atom is 0.316 e. The number of carbonyl (C=O) groups excluding carboxylic acids is 2. The highest BCUT2D eigenvalue weighted by Gasteiger charge is 2.37. The summed E-state index contributed by atoms with van der Waals surface area (Å²) >= 11 is 0. The molecule has 0 bridgehead atoms. The summed E-state index contributed by atoms with van der Waals surface area (Å²) in [4.78, 5) is 23.6. The van der Waals surface area contributed by atoms with E-state index in [-0.39, 0.29) is 10.8 Å². The summed E-state index contributed by atoms with van der Waals surface area (Å²) in [5, 5.41) is 0.166. The van der Waals surface area contributed by atoms with E-state index in [1.807, 2.05) is 12.1 Å². The Morgan fingerprint density at radius 3 is 2.09 bits per heavy atom. The minimum Gasteiger partial charge on any atom is -0.468 e. The van der Waals surface area contributed by atoms with Gasteiger partial charge in [0, 0.05) is 5.56 Å². The molecule has 1 aromatic carbocycles. The van der Waals surface area contributed by atoms with Crippen LogP contribution in [0.3, 0.4) is 0 Å². The van der Waals surface area contributed by atoms with E-state index in [2.05, 4.69) is 38.6 Å². The summed E-state index contributed by atoms with van der Waals surface area (Å²) in [6, 6.07) is 7.24. The normalized spacial score (nSPS) is 13.5. The van der Waals surface area contributed by atoms with Crippen molar-refractivity contribution in [2.75, 3.05) is 7.11 Å². The van der Waals surface area contributed by atoms with Gasteiger partial charge in [0.1, 0.15) is 5.92 Å². The molecule has 1 aromatic rings. The summed E-state index contributed by atoms with van der Waals surface area (Å²) in [5.41, 5.74) is 1.54. The average molecular weight is 337 g/mol. The molecule has 0 aromatic heterocycles. The van der Waals surface area contributed by atoms with Crippen LogP contribution in [-0.2, 0) is 20.6 Å². The molecule has 4 nitrogen and oxygen atoms in total. The van der Waals surface area contributed by atoms with Crippen molar-refractivity contribution in [2.24, 2.45) is 5.92 Å². The molecule has 1 atom stereocenters. The van der Waals surface area contributed by atoms with Crippen LogP contribution < -0.4 is 0 Å². The van der Waals surface area contributed by atoms with Crippen LogP contribution in [0.1, 0.15) is 43.6 Å². The maximum atomic E-state index is 12.2. The van der Waals surface area contributed by atoms with E-state index in [4.69, 9.17) is 4.43 Å². The molecule has 0 spiro atoms. The lowest BCUT2D eigenvalue weighted by Gasteiger charge is -2.36. The molecule has 0 aliphatic carbocycles. The Balaban J connectivity index is 2.74. The maximum absolute atomic E-state index is 12.2. The Morgan fingerprint density at radius 2 is 1.65 bits per heavy atom. The predicted molar refractivity (Wildman–Crippen MR) is 93.9 cm³/mol. The van der Waals surface area contributed by atoms with Gasteiger partial charge in [0.15, 0.2) is 14.1 Å². The number of benzene rings is 1. The molecule has 1 rings (SSSR count). The van der Waals surface area contributed by atoms with Crippen molar-refractivity contribution in [1.82, 2.24) is 0 Å². The zero-order valence-corrected chi connectivity index (χ0v) is 16.2. The SMILES string of the molecule is COC(=O)C(C)C(=O)c1ccc(CO[Si](C)(C)C(C)(C)C)cc1. The smallest absolute Gasteiger partial charge is 0.316 e. The molecule has 0 aliphatic heterocycles. The second-order valence-corrected chi connectivity index (χ2v) is 12.2. The lowest BCUT2D eigenvalue weighted by molar-refractivity contribution is -0.143. The molecule has 5 heteroatoms. The van der Waals surface area contributed by atoms with E-state index in [1.165, 1.54) is 7.11 Å². The summed E-state index contributed by atoms with van der Waals surface area (Å²) in [6.45, 7) is 13.1. The monoisotopic (exact) mass is 336 g/mol. The first-order chi connectivity index (χ1) is 10.5. The van der Waals surface area contributed by atoms with Crippen LogP contribution in [0.4, 0.5) is 0 Å². The highest BCUT2D eigenvalue weighted by molar-refractivity contribution is 6.74. The number of hydrogen-bond acceptors (Lipinski definition) is 4. The van der Waals surface area contributed by atoms with Crippen LogP contribution in [0.2, 0.25) is 18.1 Å². The van der Waals surface area contributed by atoms with E-state index in [0.29, 0.717) is 12.2 Å². The number of Topliss-reactive ketones (excluding diaryl/α,β-unsaturated/α-hetero) is 1. The van der Waals surface area contributed by atoms with E-state index in [1.54, 1.807) is 19.1 Å². The van der Waals surface area contributed by atoms with Crippen LogP contribution in [0, 0.1) is 5.92 Å². The molecule has 0 radical (unpaired) electrons. The van der Waals surface area contributed by atoms with Gasteiger partial charge in [0.25, 0.3) is 0 Å². The van der Waals surface area contributed by atoms with Gasteiger partial charge in [-0.1, -0.05) is 45.0 Å². The number of ether oxygens (including phenoxy) is 1. The second kappa shape index (κ2) is 7.40. The van der Waals surface area contributed by atoms with E-state index in [0.717, 1.165) is 5.56 Å². The van der Waals surface area contributed by atoms with Gasteiger partial charge < -0.3 is 9.16 Å². The van der Waals surface area contributed by atoms with E-state index >= 15 is 0 Å². The molecular formula is C18H28O4Si. The summed E-state index contributed by atoms with van der Waals surface area (Å²) in [6.07, 6.45) is 0. The van der Waals surface area contributed by atoms with Crippen LogP contribution >= 0.6 is 0 Å². The van der Waals surface area contributed by atoms with Gasteiger partial charge in [-0.15, -0.1) is 0 Å². The lowest BCUT2D eigenvalue weighted by atomic mass is 9.99. The summed E-state index contributed by atoms with van der Waals surface area (Å²) in [5.74, 6) is -1.52. The van der Waals surface area contributed by atoms with Crippen molar-refractivity contribution in [1.29, 1.82) is 0 Å². The molecule has 0 fully saturated rings. The molecule has 0 heterocycles. The van der Waals surface area contributed by atoms with E-state index < -0.39 is 20.2 Å². The quantitative estimate of drug-likeness (QED) is 0.338. The Morgan fingerprint density at radius 1 is 1.13 bits per heavy atom. The number of methoxy groups -OCH3 is 1. The fraction of sp³-hybridized carbons (Fsp3) is 0.556. The van der Waals surface area contributed by atoms with Crippen molar-refractivity contribution >= 4 is 20.1 Å². The number of ketones is 1. The highest BCUT2D eigenvalue weighted by atomic mass is 28.4. The highest BCUT2D eigenvalue weighted by Crippen LogP contribution is 2.37. The van der Waals surface area contributed by atoms with Crippen LogP contribution in [-0.4, -0.2) is 27.2 Å². The topological polar surface area (TPSA) is 52.6 Å². The lowest BCUT2D eigenvalue weighted by Crippen LogP contribution is -2.40. The number of rotatable bonds is 6. The summed E-state index contributed by atoms with van der Waals surface area (Å²) in [7, 11) is -0.504. The van der Waals surface area contributed by atoms with Gasteiger partial charge in [0.2, 0.25) is 0 Å². The van der Waals surface area contributed by atoms with Crippen molar-refractivity contribution in [3.05, 3.63) is 35.4 Å². The van der Waals surface area contributed by atoms with Crippen LogP contribution in [0.15, 0.2) is 24.3 Å². The standard InChI is InChI=1S/C18H28O4Si/c1-13(17(20)21-5)16(19)15-10-8-14(9-11-15)12-22-23(6,7)18(2,3)4/h8-11,13H,12H2,1-7H3. The van der Waals surface area contributed by atoms with Crippen molar-refractivity contribution < 1.29 is 18.8 Å². The molecule has 23 heavy (non-hydrogen) atoms. The zero-order valence-electron chi connectivity index (χ0n) is 15.2. The summed E-state index contributed by atoms with van der Waals surface area (Å²) < 4.78 is 10.8. The molecule has 1 unspecified atom stereocenters. The third-order valence-electron chi connectivity index (χ3n) is 4.59.